The molecule has 0 atom stereocenters. The quantitative estimate of drug-likeness (QED) is 0.0282. The van der Waals surface area contributed by atoms with E-state index in [-0.39, 0.29) is 62.7 Å². The second-order valence-electron chi connectivity index (χ2n) is 20.1. The number of nitrogens with zero attached hydrogens (tertiary/aromatic N) is 4. The summed E-state index contributed by atoms with van der Waals surface area (Å²) in [6, 6.07) is 0. The molecule has 75 heavy (non-hydrogen) atoms. The molecule has 1 amide bonds. The highest BCUT2D eigenvalue weighted by Gasteiger charge is 2.21. The minimum absolute atomic E-state index is 0.00755. The van der Waals surface area contributed by atoms with Crippen LogP contribution in [0.4, 0.5) is 4.79 Å². The lowest BCUT2D eigenvalue weighted by atomic mass is 9.94. The van der Waals surface area contributed by atoms with E-state index in [0.29, 0.717) is 69.3 Å². The Kier molecular flexibility index (Phi) is 48.2. The molecule has 0 bridgehead atoms. The van der Waals surface area contributed by atoms with Crippen LogP contribution in [0.2, 0.25) is 0 Å². The van der Waals surface area contributed by atoms with Crippen molar-refractivity contribution in [1.82, 2.24) is 25.2 Å². The molecular weight excluding hydrogens is 991 g/mol. The molecule has 0 aliphatic rings. The zero-order valence-corrected chi connectivity index (χ0v) is 49.7. The average molecular weight is 1100 g/mol. The normalized spacial score (nSPS) is 11.3. The van der Waals surface area contributed by atoms with Gasteiger partial charge in [-0.2, -0.15) is 0 Å². The van der Waals surface area contributed by atoms with Gasteiger partial charge in [-0.3, -0.25) is 23.9 Å². The number of amides is 1. The van der Waals surface area contributed by atoms with E-state index in [9.17, 15) is 24.0 Å². The third-order valence-electron chi connectivity index (χ3n) is 13.3. The molecule has 1 aromatic rings. The van der Waals surface area contributed by atoms with Gasteiger partial charge in [-0.25, -0.2) is 4.79 Å². The molecule has 436 valence electrons. The monoisotopic (exact) mass is 1100 g/mol. The summed E-state index contributed by atoms with van der Waals surface area (Å²) in [6.07, 6.45) is 35.7. The third-order valence-corrected chi connectivity index (χ3v) is 15.6. The summed E-state index contributed by atoms with van der Waals surface area (Å²) in [7, 11) is 3.14. The van der Waals surface area contributed by atoms with E-state index in [0.717, 1.165) is 70.6 Å². The Balaban J connectivity index is 2.47. The van der Waals surface area contributed by atoms with E-state index in [2.05, 4.69) is 43.3 Å². The second-order valence-corrected chi connectivity index (χ2v) is 22.8. The minimum Gasteiger partial charge on any atom is -0.465 e. The second kappa shape index (κ2) is 51.7. The van der Waals surface area contributed by atoms with Crippen LogP contribution >= 0.6 is 21.6 Å². The maximum atomic E-state index is 13.2. The minimum atomic E-state index is -0.522. The van der Waals surface area contributed by atoms with Gasteiger partial charge in [0.2, 0.25) is 0 Å². The van der Waals surface area contributed by atoms with Crippen LogP contribution in [0, 0.1) is 5.92 Å². The van der Waals surface area contributed by atoms with Crippen molar-refractivity contribution in [1.29, 1.82) is 0 Å². The van der Waals surface area contributed by atoms with Crippen molar-refractivity contribution in [2.24, 2.45) is 5.92 Å². The topological polar surface area (TPSA) is 177 Å². The molecule has 0 aliphatic heterocycles. The fourth-order valence-electron chi connectivity index (χ4n) is 8.79. The van der Waals surface area contributed by atoms with E-state index >= 15 is 0 Å². The maximum absolute atomic E-state index is 13.2. The van der Waals surface area contributed by atoms with Crippen molar-refractivity contribution in [2.75, 3.05) is 64.1 Å². The molecule has 0 unspecified atom stereocenters. The first-order chi connectivity index (χ1) is 36.7. The van der Waals surface area contributed by atoms with Crippen molar-refractivity contribution in [3.63, 3.8) is 0 Å². The summed E-state index contributed by atoms with van der Waals surface area (Å²) < 4.78 is 29.6. The summed E-state index contributed by atoms with van der Waals surface area (Å²) in [5.74, 6) is 0.256. The van der Waals surface area contributed by atoms with Gasteiger partial charge in [0.15, 0.2) is 0 Å². The van der Waals surface area contributed by atoms with Crippen LogP contribution in [-0.2, 0) is 55.8 Å². The third kappa shape index (κ3) is 42.6. The SMILES string of the molecule is CCCCCCCCC(CCCCCCCC)OC(=O)CCCCCn1cc(CCOC(=O)CCN(CCCNCC(=O)OCC)C(=O)OCCSSCCOC(=O)C(CCCCCCC)CCCCCCC)nn1. The van der Waals surface area contributed by atoms with Gasteiger partial charge in [0.1, 0.15) is 19.3 Å². The molecule has 15 nitrogen and oxygen atoms in total. The van der Waals surface area contributed by atoms with Crippen molar-refractivity contribution in [3.8, 4) is 0 Å². The molecule has 1 aromatic heterocycles. The molecule has 0 aliphatic carbocycles. The number of hydrogen-bond acceptors (Lipinski definition) is 15. The standard InChI is InChI=1S/C58H107N5O10S2/c1-6-11-15-19-23-28-35-53(36-29-24-20-16-12-7-2)73-55(65)37-30-25-31-42-63-50-52(60-61-63)39-44-70-54(64)38-43-62(41-32-40-59-49-56(66)69-10-5)58(68)72-46-48-75-74-47-45-71-57(67)51(33-26-21-17-13-8-3)34-27-22-18-14-9-4/h50-51,53,59H,6-49H2,1-5H3. The number of nitrogens with one attached hydrogen (secondary N) is 1. The number of unbranched alkanes of at least 4 members (excludes halogenated alkanes) is 20. The molecule has 0 aromatic carbocycles. The summed E-state index contributed by atoms with van der Waals surface area (Å²) in [5, 5.41) is 11.5. The lowest BCUT2D eigenvalue weighted by Crippen LogP contribution is -2.36. The Labute approximate surface area is 463 Å². The first-order valence-corrected chi connectivity index (χ1v) is 32.6. The Morgan fingerprint density at radius 3 is 1.69 bits per heavy atom. The Bertz CT molecular complexity index is 1510. The number of hydrogen-bond donors (Lipinski definition) is 1. The zero-order chi connectivity index (χ0) is 54.7. The van der Waals surface area contributed by atoms with Gasteiger partial charge >= 0.3 is 30.0 Å². The molecule has 1 N–H and O–H groups in total. The van der Waals surface area contributed by atoms with Gasteiger partial charge in [0.05, 0.1) is 37.8 Å². The predicted octanol–water partition coefficient (Wildman–Crippen LogP) is 14.0. The van der Waals surface area contributed by atoms with Gasteiger partial charge in [-0.05, 0) is 71.3 Å². The molecule has 1 rings (SSSR count). The Hall–Kier alpha value is -3.05. The van der Waals surface area contributed by atoms with Crippen molar-refractivity contribution in [3.05, 3.63) is 11.9 Å². The Morgan fingerprint density at radius 1 is 0.560 bits per heavy atom. The van der Waals surface area contributed by atoms with E-state index in [1.807, 2.05) is 6.20 Å². The lowest BCUT2D eigenvalue weighted by molar-refractivity contribution is -0.150. The van der Waals surface area contributed by atoms with E-state index in [1.165, 1.54) is 120 Å². The number of carbonyl (C=O) groups excluding carboxylic acids is 5. The summed E-state index contributed by atoms with van der Waals surface area (Å²) in [6.45, 7) is 13.3. The molecule has 0 fully saturated rings. The molecule has 0 spiro atoms. The lowest BCUT2D eigenvalue weighted by Gasteiger charge is -2.22. The number of esters is 4. The van der Waals surface area contributed by atoms with Crippen molar-refractivity contribution >= 4 is 51.6 Å². The molecule has 0 saturated heterocycles. The summed E-state index contributed by atoms with van der Waals surface area (Å²) in [5.41, 5.74) is 0.714. The van der Waals surface area contributed by atoms with Gasteiger partial charge in [-0.15, -0.1) is 5.10 Å². The van der Waals surface area contributed by atoms with Crippen LogP contribution < -0.4 is 5.32 Å². The van der Waals surface area contributed by atoms with E-state index < -0.39 is 12.1 Å². The number of aryl methyl sites for hydroxylation is 1. The number of rotatable bonds is 54. The van der Waals surface area contributed by atoms with Gasteiger partial charge in [0, 0.05) is 50.2 Å². The van der Waals surface area contributed by atoms with Crippen LogP contribution in [0.3, 0.4) is 0 Å². The summed E-state index contributed by atoms with van der Waals surface area (Å²) >= 11 is 0. The Morgan fingerprint density at radius 2 is 1.11 bits per heavy atom. The number of ether oxygens (including phenoxy) is 5. The van der Waals surface area contributed by atoms with Gasteiger partial charge in [0.25, 0.3) is 0 Å². The number of carbonyl (C=O) groups is 5. The van der Waals surface area contributed by atoms with Crippen LogP contribution in [0.15, 0.2) is 6.20 Å². The highest BCUT2D eigenvalue weighted by atomic mass is 33.1. The molecule has 0 saturated carbocycles. The summed E-state index contributed by atoms with van der Waals surface area (Å²) in [4.78, 5) is 65.1. The highest BCUT2D eigenvalue weighted by Crippen LogP contribution is 2.24. The van der Waals surface area contributed by atoms with E-state index in [1.54, 1.807) is 33.2 Å². The largest absolute Gasteiger partial charge is 0.465 e. The van der Waals surface area contributed by atoms with Crippen LogP contribution in [0.5, 0.6) is 0 Å². The average Bonchev–Trinajstić information content (AvgIpc) is 3.85. The highest BCUT2D eigenvalue weighted by molar-refractivity contribution is 8.76. The smallest absolute Gasteiger partial charge is 0.409 e. The fourth-order valence-corrected chi connectivity index (χ4v) is 10.4. The molecule has 1 heterocycles. The van der Waals surface area contributed by atoms with Gasteiger partial charge < -0.3 is 33.9 Å². The zero-order valence-electron chi connectivity index (χ0n) is 48.0. The molecule has 17 heteroatoms. The van der Waals surface area contributed by atoms with Gasteiger partial charge in [-0.1, -0.05) is 189 Å². The molecular formula is C58H107N5O10S2. The fraction of sp³-hybridized carbons (Fsp3) is 0.879. The van der Waals surface area contributed by atoms with E-state index in [4.69, 9.17) is 23.7 Å². The maximum Gasteiger partial charge on any atom is 0.409 e. The predicted molar refractivity (Wildman–Crippen MR) is 307 cm³/mol. The van der Waals surface area contributed by atoms with Crippen LogP contribution in [0.1, 0.15) is 246 Å². The van der Waals surface area contributed by atoms with Crippen LogP contribution in [0.25, 0.3) is 0 Å². The first-order valence-electron chi connectivity index (χ1n) is 30.1. The van der Waals surface area contributed by atoms with Crippen molar-refractivity contribution in [2.45, 2.75) is 259 Å². The first kappa shape index (κ1) is 70.0. The molecule has 0 radical (unpaired) electrons. The van der Waals surface area contributed by atoms with Crippen LogP contribution in [-0.4, -0.2) is 120 Å². The number of aromatic nitrogens is 3. The van der Waals surface area contributed by atoms with Crippen molar-refractivity contribution < 1.29 is 47.7 Å².